The number of carbonyl (C=O) groups is 1. The highest BCUT2D eigenvalue weighted by molar-refractivity contribution is 6.33. The number of hydrogen-bond acceptors (Lipinski definition) is 3. The Kier molecular flexibility index (Phi) is 5.11. The largest absolute Gasteiger partial charge is 0.365 e. The Morgan fingerprint density at radius 3 is 2.69 bits per heavy atom. The molecule has 0 spiro atoms. The number of nitrogens with one attached hydrogen (secondary N) is 1. The summed E-state index contributed by atoms with van der Waals surface area (Å²) in [5.41, 5.74) is 4.74. The van der Waals surface area contributed by atoms with Gasteiger partial charge >= 0.3 is 0 Å². The van der Waals surface area contributed by atoms with Crippen molar-refractivity contribution in [3.8, 4) is 0 Å². The fourth-order valence-electron chi connectivity index (χ4n) is 3.89. The van der Waals surface area contributed by atoms with Crippen LogP contribution in [0.15, 0.2) is 30.5 Å². The lowest BCUT2D eigenvalue weighted by molar-refractivity contribution is 0.0724. The number of piperidine rings is 1. The number of halogens is 1. The molecule has 136 valence electrons. The van der Waals surface area contributed by atoms with Crippen molar-refractivity contribution in [2.24, 2.45) is 0 Å². The van der Waals surface area contributed by atoms with Crippen molar-refractivity contribution < 1.29 is 4.79 Å². The van der Waals surface area contributed by atoms with Gasteiger partial charge in [-0.3, -0.25) is 4.79 Å². The summed E-state index contributed by atoms with van der Waals surface area (Å²) in [6.07, 6.45) is 8.62. The van der Waals surface area contributed by atoms with Gasteiger partial charge < -0.3 is 10.2 Å². The Morgan fingerprint density at radius 2 is 1.88 bits per heavy atom. The highest BCUT2D eigenvalue weighted by Crippen LogP contribution is 2.25. The average molecular weight is 370 g/mol. The summed E-state index contributed by atoms with van der Waals surface area (Å²) < 4.78 is 0. The topological polar surface area (TPSA) is 45.2 Å². The Balaban J connectivity index is 1.42. The number of amides is 1. The normalized spacial score (nSPS) is 16.4. The van der Waals surface area contributed by atoms with Crippen LogP contribution >= 0.6 is 11.6 Å². The van der Waals surface area contributed by atoms with Crippen LogP contribution in [0, 0.1) is 0 Å². The van der Waals surface area contributed by atoms with Crippen LogP contribution < -0.4 is 5.32 Å². The lowest BCUT2D eigenvalue weighted by Gasteiger charge is -2.26. The van der Waals surface area contributed by atoms with E-state index >= 15 is 0 Å². The maximum atomic E-state index is 12.6. The Labute approximate surface area is 159 Å². The number of pyridine rings is 1. The minimum Gasteiger partial charge on any atom is -0.365 e. The van der Waals surface area contributed by atoms with Gasteiger partial charge in [0.1, 0.15) is 5.82 Å². The number of aromatic nitrogens is 1. The number of nitrogens with zero attached hydrogens (tertiary/aromatic N) is 2. The molecule has 1 aromatic heterocycles. The second kappa shape index (κ2) is 7.67. The molecule has 1 aromatic carbocycles. The molecule has 0 radical (unpaired) electrons. The van der Waals surface area contributed by atoms with Gasteiger partial charge in [-0.1, -0.05) is 29.8 Å². The maximum absolute atomic E-state index is 12.6. The van der Waals surface area contributed by atoms with Gasteiger partial charge in [0.15, 0.2) is 0 Å². The van der Waals surface area contributed by atoms with Gasteiger partial charge in [-0.05, 0) is 61.3 Å². The van der Waals surface area contributed by atoms with E-state index in [2.05, 4.69) is 28.5 Å². The fraction of sp³-hybridized carbons (Fsp3) is 0.429. The van der Waals surface area contributed by atoms with Crippen LogP contribution in [-0.4, -0.2) is 28.9 Å². The quantitative estimate of drug-likeness (QED) is 0.865. The van der Waals surface area contributed by atoms with Crippen LogP contribution in [0.25, 0.3) is 0 Å². The van der Waals surface area contributed by atoms with E-state index in [0.29, 0.717) is 22.9 Å². The van der Waals surface area contributed by atoms with E-state index in [1.807, 2.05) is 4.90 Å². The van der Waals surface area contributed by atoms with E-state index in [1.165, 1.54) is 42.4 Å². The minimum atomic E-state index is 0.0317. The molecule has 1 N–H and O–H groups in total. The fourth-order valence-corrected chi connectivity index (χ4v) is 4.12. The third-order valence-electron chi connectivity index (χ3n) is 5.35. The molecule has 26 heavy (non-hydrogen) atoms. The average Bonchev–Trinajstić information content (AvgIpc) is 3.15. The molecule has 5 heteroatoms. The van der Waals surface area contributed by atoms with Crippen molar-refractivity contribution in [1.82, 2.24) is 9.88 Å². The number of hydrogen-bond donors (Lipinski definition) is 1. The van der Waals surface area contributed by atoms with E-state index in [4.69, 9.17) is 11.6 Å². The highest BCUT2D eigenvalue weighted by Gasteiger charge is 2.19. The van der Waals surface area contributed by atoms with E-state index < -0.39 is 0 Å². The van der Waals surface area contributed by atoms with Gasteiger partial charge in [-0.15, -0.1) is 0 Å². The summed E-state index contributed by atoms with van der Waals surface area (Å²) in [7, 11) is 0. The lowest BCUT2D eigenvalue weighted by atomic mass is 10.1. The van der Waals surface area contributed by atoms with Crippen LogP contribution in [0.1, 0.15) is 52.7 Å². The van der Waals surface area contributed by atoms with Crippen LogP contribution in [0.3, 0.4) is 0 Å². The Hall–Kier alpha value is -2.07. The van der Waals surface area contributed by atoms with Gasteiger partial charge in [-0.2, -0.15) is 0 Å². The van der Waals surface area contributed by atoms with Gasteiger partial charge in [-0.25, -0.2) is 4.98 Å². The van der Waals surface area contributed by atoms with Gasteiger partial charge in [0.2, 0.25) is 0 Å². The number of benzene rings is 1. The first-order valence-electron chi connectivity index (χ1n) is 9.50. The van der Waals surface area contributed by atoms with E-state index in [1.54, 1.807) is 12.3 Å². The van der Waals surface area contributed by atoms with Crippen molar-refractivity contribution in [3.05, 3.63) is 57.7 Å². The van der Waals surface area contributed by atoms with E-state index in [9.17, 15) is 4.79 Å². The van der Waals surface area contributed by atoms with E-state index in [-0.39, 0.29) is 5.91 Å². The maximum Gasteiger partial charge on any atom is 0.255 e. The second-order valence-corrected chi connectivity index (χ2v) is 7.62. The zero-order valence-electron chi connectivity index (χ0n) is 14.9. The minimum absolute atomic E-state index is 0.0317. The smallest absolute Gasteiger partial charge is 0.255 e. The third kappa shape index (κ3) is 3.70. The summed E-state index contributed by atoms with van der Waals surface area (Å²) >= 11 is 6.38. The molecular formula is C21H24ClN3O. The SMILES string of the molecule is O=C(c1cnc(NCc2ccc3c(c2)CCC3)c(Cl)c1)N1CCCCC1. The molecule has 1 aliphatic carbocycles. The molecule has 1 aliphatic heterocycles. The second-order valence-electron chi connectivity index (χ2n) is 7.22. The van der Waals surface area contributed by atoms with E-state index in [0.717, 1.165) is 25.9 Å². The molecule has 2 heterocycles. The van der Waals surface area contributed by atoms with Crippen molar-refractivity contribution in [3.63, 3.8) is 0 Å². The first-order chi connectivity index (χ1) is 12.7. The molecule has 4 rings (SSSR count). The van der Waals surface area contributed by atoms with Gasteiger partial charge in [0.05, 0.1) is 10.6 Å². The van der Waals surface area contributed by atoms with Crippen LogP contribution in [0.4, 0.5) is 5.82 Å². The van der Waals surface area contributed by atoms with Gasteiger partial charge in [0.25, 0.3) is 5.91 Å². The lowest BCUT2D eigenvalue weighted by Crippen LogP contribution is -2.35. The summed E-state index contributed by atoms with van der Waals surface area (Å²) in [4.78, 5) is 18.8. The number of rotatable bonds is 4. The van der Waals surface area contributed by atoms with Gasteiger partial charge in [0, 0.05) is 25.8 Å². The van der Waals surface area contributed by atoms with Crippen molar-refractivity contribution in [2.45, 2.75) is 45.1 Å². The summed E-state index contributed by atoms with van der Waals surface area (Å²) in [6, 6.07) is 8.40. The summed E-state index contributed by atoms with van der Waals surface area (Å²) in [5.74, 6) is 0.659. The molecule has 1 fully saturated rings. The Morgan fingerprint density at radius 1 is 1.08 bits per heavy atom. The zero-order valence-corrected chi connectivity index (χ0v) is 15.7. The van der Waals surface area contributed by atoms with Crippen molar-refractivity contribution >= 4 is 23.3 Å². The monoisotopic (exact) mass is 369 g/mol. The molecule has 0 unspecified atom stereocenters. The molecule has 0 bridgehead atoms. The molecule has 2 aliphatic rings. The number of carbonyl (C=O) groups excluding carboxylic acids is 1. The molecule has 2 aromatic rings. The Bertz CT molecular complexity index is 815. The first-order valence-corrected chi connectivity index (χ1v) is 9.88. The molecule has 1 saturated heterocycles. The van der Waals surface area contributed by atoms with Crippen LogP contribution in [-0.2, 0) is 19.4 Å². The predicted molar refractivity (Wildman–Crippen MR) is 105 cm³/mol. The van der Waals surface area contributed by atoms with Crippen molar-refractivity contribution in [2.75, 3.05) is 18.4 Å². The molecular weight excluding hydrogens is 346 g/mol. The standard InChI is InChI=1S/C21H24ClN3O/c22-19-12-18(21(26)25-9-2-1-3-10-25)14-24-20(19)23-13-15-7-8-16-5-4-6-17(16)11-15/h7-8,11-12,14H,1-6,9-10,13H2,(H,23,24). The third-order valence-corrected chi connectivity index (χ3v) is 5.64. The zero-order chi connectivity index (χ0) is 17.9. The number of aryl methyl sites for hydroxylation is 2. The highest BCUT2D eigenvalue weighted by atomic mass is 35.5. The molecule has 1 amide bonds. The number of fused-ring (bicyclic) bond motifs is 1. The first kappa shape index (κ1) is 17.3. The predicted octanol–water partition coefficient (Wildman–Crippen LogP) is 4.46. The van der Waals surface area contributed by atoms with Crippen molar-refractivity contribution in [1.29, 1.82) is 0 Å². The van der Waals surface area contributed by atoms with Crippen LogP contribution in [0.5, 0.6) is 0 Å². The molecule has 0 saturated carbocycles. The molecule has 4 nitrogen and oxygen atoms in total. The van der Waals surface area contributed by atoms with Crippen LogP contribution in [0.2, 0.25) is 5.02 Å². The number of anilines is 1. The molecule has 0 atom stereocenters. The summed E-state index contributed by atoms with van der Waals surface area (Å²) in [6.45, 7) is 2.34. The summed E-state index contributed by atoms with van der Waals surface area (Å²) in [5, 5.41) is 3.79. The number of likely N-dealkylation sites (tertiary alicyclic amines) is 1.